The van der Waals surface area contributed by atoms with Gasteiger partial charge in [-0.15, -0.1) is 0 Å². The van der Waals surface area contributed by atoms with E-state index in [1.165, 1.54) is 10.4 Å². The molecule has 3 N–H and O–H groups in total. The molecule has 0 saturated heterocycles. The first kappa shape index (κ1) is 15.9. The standard InChI is InChI=1S/C13H18N3OS.ClH/c1-9-5-10(2)15-13(14)12(9)7-16-6-11(3-4-17)18-8-16;/h5-6,8,17H,3-4,7H2,1-2H3,(H2,14,15);1H/q+1;/p-1. The third kappa shape index (κ3) is 3.89. The van der Waals surface area contributed by atoms with Gasteiger partial charge in [0.25, 0.3) is 0 Å². The molecular formula is C13H18ClN3OS. The highest BCUT2D eigenvalue weighted by Gasteiger charge is 2.13. The van der Waals surface area contributed by atoms with E-state index in [1.54, 1.807) is 11.3 Å². The van der Waals surface area contributed by atoms with Crippen molar-refractivity contribution in [3.05, 3.63) is 39.5 Å². The summed E-state index contributed by atoms with van der Waals surface area (Å²) in [5.41, 5.74) is 11.2. The molecule has 0 bridgehead atoms. The molecule has 6 heteroatoms. The Kier molecular flexibility index (Phi) is 5.72. The Bertz CT molecular complexity index is 534. The maximum atomic E-state index is 8.90. The van der Waals surface area contributed by atoms with Crippen molar-refractivity contribution in [2.75, 3.05) is 12.3 Å². The molecule has 0 unspecified atom stereocenters. The molecule has 2 aromatic rings. The molecule has 0 fully saturated rings. The van der Waals surface area contributed by atoms with Gasteiger partial charge in [-0.1, -0.05) is 11.3 Å². The maximum Gasteiger partial charge on any atom is 0.225 e. The zero-order valence-corrected chi connectivity index (χ0v) is 12.6. The van der Waals surface area contributed by atoms with E-state index in [9.17, 15) is 0 Å². The summed E-state index contributed by atoms with van der Waals surface area (Å²) in [4.78, 5) is 5.48. The number of aryl methyl sites for hydroxylation is 2. The molecule has 0 aliphatic heterocycles. The minimum atomic E-state index is 0. The van der Waals surface area contributed by atoms with Gasteiger partial charge in [-0.25, -0.2) is 4.98 Å². The first-order chi connectivity index (χ1) is 8.60. The highest BCUT2D eigenvalue weighted by Crippen LogP contribution is 2.16. The summed E-state index contributed by atoms with van der Waals surface area (Å²) in [5.74, 6) is 0.606. The van der Waals surface area contributed by atoms with Gasteiger partial charge in [-0.05, 0) is 25.5 Å². The fourth-order valence-electron chi connectivity index (χ4n) is 1.98. The zero-order valence-electron chi connectivity index (χ0n) is 11.1. The smallest absolute Gasteiger partial charge is 0.225 e. The lowest BCUT2D eigenvalue weighted by atomic mass is 10.1. The second-order valence-electron chi connectivity index (χ2n) is 4.41. The van der Waals surface area contributed by atoms with Crippen molar-refractivity contribution in [3.8, 4) is 0 Å². The monoisotopic (exact) mass is 299 g/mol. The topological polar surface area (TPSA) is 63.0 Å². The highest BCUT2D eigenvalue weighted by atomic mass is 35.5. The van der Waals surface area contributed by atoms with Gasteiger partial charge in [0, 0.05) is 18.7 Å². The number of nitrogen functional groups attached to an aromatic ring is 1. The summed E-state index contributed by atoms with van der Waals surface area (Å²) in [6.07, 6.45) is 2.76. The Labute approximate surface area is 123 Å². The molecule has 0 aliphatic carbocycles. The Morgan fingerprint density at radius 3 is 2.79 bits per heavy atom. The molecule has 0 radical (unpaired) electrons. The van der Waals surface area contributed by atoms with Crippen molar-refractivity contribution in [2.45, 2.75) is 26.8 Å². The van der Waals surface area contributed by atoms with Gasteiger partial charge in [-0.2, -0.15) is 4.57 Å². The second kappa shape index (κ2) is 6.84. The average Bonchev–Trinajstić information content (AvgIpc) is 2.72. The van der Waals surface area contributed by atoms with E-state index in [2.05, 4.69) is 22.7 Å². The molecule has 0 aliphatic rings. The van der Waals surface area contributed by atoms with Gasteiger partial charge in [0.05, 0.1) is 10.4 Å². The third-order valence-electron chi connectivity index (χ3n) is 2.86. The first-order valence-electron chi connectivity index (χ1n) is 5.90. The number of nitrogens with zero attached hydrogens (tertiary/aromatic N) is 2. The van der Waals surface area contributed by atoms with Crippen LogP contribution in [-0.4, -0.2) is 16.7 Å². The van der Waals surface area contributed by atoms with E-state index in [0.29, 0.717) is 12.2 Å². The van der Waals surface area contributed by atoms with Crippen LogP contribution < -0.4 is 22.7 Å². The van der Waals surface area contributed by atoms with Crippen LogP contribution in [0.1, 0.15) is 21.7 Å². The van der Waals surface area contributed by atoms with E-state index in [1.807, 2.05) is 18.5 Å². The lowest BCUT2D eigenvalue weighted by molar-refractivity contribution is -0.683. The Hall–Kier alpha value is -1.17. The zero-order chi connectivity index (χ0) is 13.1. The highest BCUT2D eigenvalue weighted by molar-refractivity contribution is 7.09. The maximum absolute atomic E-state index is 8.90. The van der Waals surface area contributed by atoms with Crippen LogP contribution in [0.2, 0.25) is 0 Å². The van der Waals surface area contributed by atoms with Crippen LogP contribution in [0.25, 0.3) is 0 Å². The molecule has 0 amide bonds. The van der Waals surface area contributed by atoms with Crippen LogP contribution in [0.5, 0.6) is 0 Å². The van der Waals surface area contributed by atoms with Crippen LogP contribution >= 0.6 is 11.3 Å². The number of anilines is 1. The molecular weight excluding hydrogens is 282 g/mol. The van der Waals surface area contributed by atoms with Crippen molar-refractivity contribution in [3.63, 3.8) is 0 Å². The first-order valence-corrected chi connectivity index (χ1v) is 6.78. The quantitative estimate of drug-likeness (QED) is 0.656. The van der Waals surface area contributed by atoms with Crippen LogP contribution in [0, 0.1) is 13.8 Å². The van der Waals surface area contributed by atoms with Gasteiger partial charge in [0.15, 0.2) is 12.7 Å². The van der Waals surface area contributed by atoms with Crippen molar-refractivity contribution in [2.24, 2.45) is 0 Å². The number of thiazole rings is 1. The molecule has 19 heavy (non-hydrogen) atoms. The number of aliphatic hydroxyl groups is 1. The average molecular weight is 300 g/mol. The number of halogens is 1. The fraction of sp³-hybridized carbons (Fsp3) is 0.385. The summed E-state index contributed by atoms with van der Waals surface area (Å²) >= 11 is 1.65. The second-order valence-corrected chi connectivity index (χ2v) is 5.38. The summed E-state index contributed by atoms with van der Waals surface area (Å²) in [5, 5.41) is 8.90. The Balaban J connectivity index is 0.00000180. The summed E-state index contributed by atoms with van der Waals surface area (Å²) in [6, 6.07) is 2.05. The van der Waals surface area contributed by atoms with Gasteiger partial charge in [0.2, 0.25) is 5.51 Å². The Morgan fingerprint density at radius 1 is 1.42 bits per heavy atom. The lowest BCUT2D eigenvalue weighted by Gasteiger charge is -2.06. The molecule has 2 aromatic heterocycles. The number of nitrogens with two attached hydrogens (primary N) is 1. The molecule has 2 rings (SSSR count). The number of hydrogen-bond donors (Lipinski definition) is 2. The predicted molar refractivity (Wildman–Crippen MR) is 72.5 cm³/mol. The number of rotatable bonds is 4. The van der Waals surface area contributed by atoms with Gasteiger partial charge < -0.3 is 23.2 Å². The fourth-order valence-corrected chi connectivity index (χ4v) is 2.79. The molecule has 104 valence electrons. The van der Waals surface area contributed by atoms with Crippen molar-refractivity contribution >= 4 is 17.2 Å². The third-order valence-corrected chi connectivity index (χ3v) is 3.84. The number of aromatic nitrogens is 2. The largest absolute Gasteiger partial charge is 1.00 e. The van der Waals surface area contributed by atoms with Gasteiger partial charge in [0.1, 0.15) is 5.82 Å². The van der Waals surface area contributed by atoms with E-state index in [4.69, 9.17) is 10.8 Å². The van der Waals surface area contributed by atoms with Crippen LogP contribution in [0.15, 0.2) is 17.8 Å². The summed E-state index contributed by atoms with van der Waals surface area (Å²) < 4.78 is 2.09. The van der Waals surface area contributed by atoms with Crippen LogP contribution in [-0.2, 0) is 13.0 Å². The van der Waals surface area contributed by atoms with Crippen LogP contribution in [0.3, 0.4) is 0 Å². The SMILES string of the molecule is Cc1cc(C)c(C[n+]2csc(CCO)c2)c(N)n1.[Cl-]. The van der Waals surface area contributed by atoms with Crippen LogP contribution in [0.4, 0.5) is 5.82 Å². The lowest BCUT2D eigenvalue weighted by Crippen LogP contribution is -3.00. The summed E-state index contributed by atoms with van der Waals surface area (Å²) in [6.45, 7) is 4.92. The van der Waals surface area contributed by atoms with Gasteiger partial charge >= 0.3 is 0 Å². The normalized spacial score (nSPS) is 10.3. The molecule has 4 nitrogen and oxygen atoms in total. The number of pyridine rings is 1. The van der Waals surface area contributed by atoms with E-state index in [0.717, 1.165) is 17.8 Å². The minimum absolute atomic E-state index is 0. The predicted octanol–water partition coefficient (Wildman–Crippen LogP) is -1.78. The number of aliphatic hydroxyl groups excluding tert-OH is 1. The number of hydrogen-bond acceptors (Lipinski definition) is 4. The molecule has 0 spiro atoms. The minimum Gasteiger partial charge on any atom is -1.00 e. The molecule has 0 saturated carbocycles. The Morgan fingerprint density at radius 2 is 2.16 bits per heavy atom. The van der Waals surface area contributed by atoms with Gasteiger partial charge in [-0.3, -0.25) is 0 Å². The van der Waals surface area contributed by atoms with E-state index in [-0.39, 0.29) is 19.0 Å². The molecule has 0 atom stereocenters. The van der Waals surface area contributed by atoms with Crippen molar-refractivity contribution in [1.29, 1.82) is 0 Å². The van der Waals surface area contributed by atoms with E-state index >= 15 is 0 Å². The molecule has 0 aromatic carbocycles. The van der Waals surface area contributed by atoms with Crippen molar-refractivity contribution in [1.82, 2.24) is 4.98 Å². The van der Waals surface area contributed by atoms with E-state index < -0.39 is 0 Å². The molecule has 2 heterocycles. The summed E-state index contributed by atoms with van der Waals surface area (Å²) in [7, 11) is 0. The van der Waals surface area contributed by atoms with Crippen molar-refractivity contribution < 1.29 is 22.1 Å².